The summed E-state index contributed by atoms with van der Waals surface area (Å²) in [6, 6.07) is 9.46. The highest BCUT2D eigenvalue weighted by Crippen LogP contribution is 2.38. The maximum atomic E-state index is 14.0. The van der Waals surface area contributed by atoms with Gasteiger partial charge in [0.1, 0.15) is 4.70 Å². The first-order valence-electron chi connectivity index (χ1n) is 9.06. The summed E-state index contributed by atoms with van der Waals surface area (Å²) in [7, 11) is 1.34. The van der Waals surface area contributed by atoms with E-state index < -0.39 is 17.1 Å². The van der Waals surface area contributed by atoms with Crippen molar-refractivity contribution in [1.29, 1.82) is 5.26 Å². The number of fused-ring (bicyclic) bond motifs is 1. The highest BCUT2D eigenvalue weighted by Gasteiger charge is 2.20. The number of hydrogen-bond acceptors (Lipinski definition) is 6. The Bertz CT molecular complexity index is 1450. The second kappa shape index (κ2) is 8.34. The summed E-state index contributed by atoms with van der Waals surface area (Å²) in [6.07, 6.45) is 3.03. The van der Waals surface area contributed by atoms with Gasteiger partial charge >= 0.3 is 5.69 Å². The summed E-state index contributed by atoms with van der Waals surface area (Å²) < 4.78 is 21.7. The molecule has 3 heterocycles. The van der Waals surface area contributed by atoms with E-state index in [-0.39, 0.29) is 23.7 Å². The average Bonchev–Trinajstić information content (AvgIpc) is 3.20. The van der Waals surface area contributed by atoms with Crippen molar-refractivity contribution < 1.29 is 9.13 Å². The number of methoxy groups -OCH3 is 1. The number of benzene rings is 1. The van der Waals surface area contributed by atoms with Crippen molar-refractivity contribution in [1.82, 2.24) is 14.1 Å². The van der Waals surface area contributed by atoms with Crippen LogP contribution in [0.25, 0.3) is 26.3 Å². The maximum absolute atomic E-state index is 14.0. The van der Waals surface area contributed by atoms with Crippen LogP contribution in [0.15, 0.2) is 52.3 Å². The van der Waals surface area contributed by atoms with Gasteiger partial charge in [0, 0.05) is 23.2 Å². The van der Waals surface area contributed by atoms with E-state index in [1.165, 1.54) is 30.1 Å². The third kappa shape index (κ3) is 3.60. The standard InChI is InChI=1S/C21H14ClFN4O3S/c1-30-17-8-13(14(22)9-15(17)23)18-10-16-19(31-18)20(28)27(12-4-2-6-25-11-12)21(29)26(16)7-3-5-24/h2,4,6,8-11H,3,7H2,1H3. The number of rotatable bonds is 5. The number of aromatic nitrogens is 3. The van der Waals surface area contributed by atoms with Crippen LogP contribution in [0.5, 0.6) is 5.75 Å². The van der Waals surface area contributed by atoms with Gasteiger partial charge in [-0.05, 0) is 30.3 Å². The van der Waals surface area contributed by atoms with E-state index in [0.29, 0.717) is 26.3 Å². The van der Waals surface area contributed by atoms with Gasteiger partial charge < -0.3 is 4.74 Å². The fourth-order valence-corrected chi connectivity index (χ4v) is 4.68. The van der Waals surface area contributed by atoms with E-state index in [2.05, 4.69) is 4.98 Å². The van der Waals surface area contributed by atoms with Crippen molar-refractivity contribution in [2.75, 3.05) is 7.11 Å². The third-order valence-corrected chi connectivity index (χ3v) is 6.14. The Morgan fingerprint density at radius 2 is 2.13 bits per heavy atom. The first-order valence-corrected chi connectivity index (χ1v) is 10.3. The molecule has 0 aliphatic heterocycles. The third-order valence-electron chi connectivity index (χ3n) is 4.68. The first-order chi connectivity index (χ1) is 15.0. The molecule has 4 rings (SSSR count). The fourth-order valence-electron chi connectivity index (χ4n) is 3.25. The van der Waals surface area contributed by atoms with E-state index in [1.807, 2.05) is 6.07 Å². The Balaban J connectivity index is 2.04. The molecule has 1 aromatic carbocycles. The zero-order valence-electron chi connectivity index (χ0n) is 16.1. The normalized spacial score (nSPS) is 10.9. The SMILES string of the molecule is COc1cc(-c2cc3c(s2)c(=O)n(-c2cccnc2)c(=O)n3CCC#N)c(Cl)cc1F. The zero-order valence-corrected chi connectivity index (χ0v) is 17.7. The summed E-state index contributed by atoms with van der Waals surface area (Å²) >= 11 is 7.37. The molecular weight excluding hydrogens is 443 g/mol. The minimum absolute atomic E-state index is 0.00602. The summed E-state index contributed by atoms with van der Waals surface area (Å²) in [4.78, 5) is 30.9. The Morgan fingerprint density at radius 1 is 1.32 bits per heavy atom. The van der Waals surface area contributed by atoms with Gasteiger partial charge in [-0.15, -0.1) is 11.3 Å². The highest BCUT2D eigenvalue weighted by atomic mass is 35.5. The lowest BCUT2D eigenvalue weighted by Crippen LogP contribution is -2.38. The Morgan fingerprint density at radius 3 is 2.81 bits per heavy atom. The molecule has 10 heteroatoms. The number of aryl methyl sites for hydroxylation is 1. The number of nitrogens with zero attached hydrogens (tertiary/aromatic N) is 4. The topological polar surface area (TPSA) is 89.9 Å². The molecule has 0 bridgehead atoms. The quantitative estimate of drug-likeness (QED) is 0.453. The summed E-state index contributed by atoms with van der Waals surface area (Å²) in [5.41, 5.74) is 0.0783. The van der Waals surface area contributed by atoms with Crippen LogP contribution in [-0.4, -0.2) is 21.2 Å². The van der Waals surface area contributed by atoms with E-state index in [4.69, 9.17) is 21.6 Å². The van der Waals surface area contributed by atoms with Gasteiger partial charge in [0.15, 0.2) is 11.6 Å². The van der Waals surface area contributed by atoms with Gasteiger partial charge in [-0.3, -0.25) is 14.3 Å². The van der Waals surface area contributed by atoms with E-state index >= 15 is 0 Å². The van der Waals surface area contributed by atoms with Crippen molar-refractivity contribution in [2.45, 2.75) is 13.0 Å². The van der Waals surface area contributed by atoms with Crippen molar-refractivity contribution in [2.24, 2.45) is 0 Å². The van der Waals surface area contributed by atoms with Crippen LogP contribution in [0.4, 0.5) is 4.39 Å². The molecule has 0 atom stereocenters. The predicted octanol–water partition coefficient (Wildman–Crippen LogP) is 3.99. The second-order valence-electron chi connectivity index (χ2n) is 6.49. The molecule has 0 amide bonds. The van der Waals surface area contributed by atoms with Gasteiger partial charge in [-0.2, -0.15) is 5.26 Å². The molecule has 3 aromatic heterocycles. The number of pyridine rings is 1. The van der Waals surface area contributed by atoms with Crippen LogP contribution < -0.4 is 16.0 Å². The van der Waals surface area contributed by atoms with E-state index in [1.54, 1.807) is 18.2 Å². The van der Waals surface area contributed by atoms with Crippen molar-refractivity contribution in [3.63, 3.8) is 0 Å². The molecule has 7 nitrogen and oxygen atoms in total. The van der Waals surface area contributed by atoms with Crippen molar-refractivity contribution in [3.05, 3.63) is 74.4 Å². The Hall–Kier alpha value is -3.48. The maximum Gasteiger partial charge on any atom is 0.336 e. The van der Waals surface area contributed by atoms with Crippen LogP contribution in [0, 0.1) is 17.1 Å². The average molecular weight is 457 g/mol. The minimum Gasteiger partial charge on any atom is -0.494 e. The largest absolute Gasteiger partial charge is 0.494 e. The Kier molecular flexibility index (Phi) is 5.59. The minimum atomic E-state index is -0.609. The number of halogens is 2. The van der Waals surface area contributed by atoms with Crippen molar-refractivity contribution >= 4 is 33.2 Å². The second-order valence-corrected chi connectivity index (χ2v) is 7.95. The van der Waals surface area contributed by atoms with Gasteiger partial charge in [0.2, 0.25) is 0 Å². The molecule has 0 saturated carbocycles. The summed E-state index contributed by atoms with van der Waals surface area (Å²) in [6.45, 7) is 0.100. The number of thiophene rings is 1. The van der Waals surface area contributed by atoms with Crippen LogP contribution >= 0.6 is 22.9 Å². The lowest BCUT2D eigenvalue weighted by atomic mass is 10.1. The highest BCUT2D eigenvalue weighted by molar-refractivity contribution is 7.22. The Labute approximate surface area is 184 Å². The molecular formula is C21H14ClFN4O3S. The van der Waals surface area contributed by atoms with Gasteiger partial charge in [-0.25, -0.2) is 13.8 Å². The molecule has 0 unspecified atom stereocenters. The number of nitriles is 1. The van der Waals surface area contributed by atoms with Gasteiger partial charge in [0.25, 0.3) is 5.56 Å². The molecule has 0 spiro atoms. The van der Waals surface area contributed by atoms with Crippen LogP contribution in [0.1, 0.15) is 6.42 Å². The molecule has 0 saturated heterocycles. The van der Waals surface area contributed by atoms with E-state index in [9.17, 15) is 14.0 Å². The number of hydrogen-bond donors (Lipinski definition) is 0. The van der Waals surface area contributed by atoms with Crippen LogP contribution in [0.2, 0.25) is 5.02 Å². The predicted molar refractivity (Wildman–Crippen MR) is 117 cm³/mol. The molecule has 0 aliphatic carbocycles. The zero-order chi connectivity index (χ0) is 22.1. The van der Waals surface area contributed by atoms with Crippen LogP contribution in [-0.2, 0) is 6.54 Å². The smallest absolute Gasteiger partial charge is 0.336 e. The lowest BCUT2D eigenvalue weighted by Gasteiger charge is -2.10. The molecule has 156 valence electrons. The summed E-state index contributed by atoms with van der Waals surface area (Å²) in [5, 5.41) is 9.17. The monoisotopic (exact) mass is 456 g/mol. The summed E-state index contributed by atoms with van der Waals surface area (Å²) in [5.74, 6) is -0.603. The molecule has 0 fully saturated rings. The molecule has 0 aliphatic rings. The van der Waals surface area contributed by atoms with E-state index in [0.717, 1.165) is 22.0 Å². The van der Waals surface area contributed by atoms with Gasteiger partial charge in [-0.1, -0.05) is 11.6 Å². The molecule has 0 N–H and O–H groups in total. The molecule has 0 radical (unpaired) electrons. The number of ether oxygens (including phenoxy) is 1. The van der Waals surface area contributed by atoms with Crippen LogP contribution in [0.3, 0.4) is 0 Å². The first kappa shape index (κ1) is 20.8. The van der Waals surface area contributed by atoms with Gasteiger partial charge in [0.05, 0.1) is 42.0 Å². The lowest BCUT2D eigenvalue weighted by molar-refractivity contribution is 0.387. The molecule has 4 aromatic rings. The fraction of sp³-hybridized carbons (Fsp3) is 0.143. The van der Waals surface area contributed by atoms with Crippen molar-refractivity contribution in [3.8, 4) is 27.9 Å². The molecule has 31 heavy (non-hydrogen) atoms.